The second-order valence-electron chi connectivity index (χ2n) is 6.78. The van der Waals surface area contributed by atoms with Gasteiger partial charge in [-0.2, -0.15) is 5.10 Å². The van der Waals surface area contributed by atoms with Crippen LogP contribution in [0.1, 0.15) is 31.0 Å². The van der Waals surface area contributed by atoms with Crippen LogP contribution in [0.15, 0.2) is 40.6 Å². The number of nitrogens with one attached hydrogen (secondary N) is 2. The molecule has 0 aliphatic heterocycles. The van der Waals surface area contributed by atoms with Crippen molar-refractivity contribution in [3.8, 4) is 0 Å². The average Bonchev–Trinajstić information content (AvgIpc) is 3.02. The number of guanidine groups is 1. The first kappa shape index (κ1) is 21.8. The lowest BCUT2D eigenvalue weighted by molar-refractivity contribution is 0.473. The summed E-state index contributed by atoms with van der Waals surface area (Å²) in [6, 6.07) is 3.10. The molecule has 0 saturated carbocycles. The molecule has 0 aliphatic carbocycles. The second kappa shape index (κ2) is 9.65. The van der Waals surface area contributed by atoms with E-state index >= 15 is 0 Å². The summed E-state index contributed by atoms with van der Waals surface area (Å²) in [4.78, 5) is 10.2. The van der Waals surface area contributed by atoms with Crippen LogP contribution in [0.2, 0.25) is 0 Å². The van der Waals surface area contributed by atoms with Crippen molar-refractivity contribution in [1.29, 1.82) is 0 Å². The number of aliphatic imine (C=N–C) groups is 1. The Balaban J connectivity index is 1.89. The van der Waals surface area contributed by atoms with Gasteiger partial charge in [0.2, 0.25) is 10.0 Å². The standard InChI is InChI=1S/C18H29N7O2S/c1-14(2)17-15(13-25(5)23-17)12-24(4)18(19-3)21-9-10-22-28(26,27)16-7-6-8-20-11-16/h6-8,11,13-14,22H,9-10,12H2,1-5H3,(H,19,21). The third-order valence-corrected chi connectivity index (χ3v) is 5.56. The maximum atomic E-state index is 12.2. The van der Waals surface area contributed by atoms with Gasteiger partial charge in [-0.25, -0.2) is 13.1 Å². The van der Waals surface area contributed by atoms with Crippen molar-refractivity contribution in [2.45, 2.75) is 31.2 Å². The van der Waals surface area contributed by atoms with E-state index < -0.39 is 10.0 Å². The van der Waals surface area contributed by atoms with Gasteiger partial charge in [-0.1, -0.05) is 13.8 Å². The van der Waals surface area contributed by atoms with E-state index in [0.29, 0.717) is 25.0 Å². The highest BCUT2D eigenvalue weighted by molar-refractivity contribution is 7.89. The third-order valence-electron chi connectivity index (χ3n) is 4.11. The van der Waals surface area contributed by atoms with Gasteiger partial charge in [-0.05, 0) is 18.1 Å². The summed E-state index contributed by atoms with van der Waals surface area (Å²) < 4.78 is 28.8. The van der Waals surface area contributed by atoms with Crippen molar-refractivity contribution in [3.05, 3.63) is 42.0 Å². The minimum atomic E-state index is -3.56. The van der Waals surface area contributed by atoms with Gasteiger partial charge in [0.05, 0.1) is 5.69 Å². The van der Waals surface area contributed by atoms with Gasteiger partial charge in [-0.15, -0.1) is 0 Å². The molecular formula is C18H29N7O2S. The quantitative estimate of drug-likeness (QED) is 0.383. The van der Waals surface area contributed by atoms with Crippen molar-refractivity contribution in [1.82, 2.24) is 29.7 Å². The number of pyridine rings is 1. The Kier molecular flexibility index (Phi) is 7.53. The molecular weight excluding hydrogens is 378 g/mol. The van der Waals surface area contributed by atoms with Crippen molar-refractivity contribution in [2.24, 2.45) is 12.0 Å². The maximum Gasteiger partial charge on any atom is 0.242 e. The van der Waals surface area contributed by atoms with Crippen LogP contribution >= 0.6 is 0 Å². The molecule has 0 atom stereocenters. The molecule has 10 heteroatoms. The lowest BCUT2D eigenvalue weighted by atomic mass is 10.1. The summed E-state index contributed by atoms with van der Waals surface area (Å²) in [5.41, 5.74) is 2.20. The van der Waals surface area contributed by atoms with Crippen LogP contribution in [-0.2, 0) is 23.6 Å². The molecule has 2 aromatic heterocycles. The molecule has 0 radical (unpaired) electrons. The van der Waals surface area contributed by atoms with E-state index in [-0.39, 0.29) is 11.4 Å². The fourth-order valence-corrected chi connectivity index (χ4v) is 3.82. The van der Waals surface area contributed by atoms with Crippen LogP contribution in [0.25, 0.3) is 0 Å². The average molecular weight is 408 g/mol. The zero-order valence-electron chi connectivity index (χ0n) is 17.0. The highest BCUT2D eigenvalue weighted by atomic mass is 32.2. The number of nitrogens with zero attached hydrogens (tertiary/aromatic N) is 5. The van der Waals surface area contributed by atoms with E-state index in [9.17, 15) is 8.42 Å². The zero-order valence-corrected chi connectivity index (χ0v) is 17.9. The van der Waals surface area contributed by atoms with Crippen molar-refractivity contribution < 1.29 is 8.42 Å². The lowest BCUT2D eigenvalue weighted by Crippen LogP contribution is -2.42. The molecule has 9 nitrogen and oxygen atoms in total. The van der Waals surface area contributed by atoms with Gasteiger partial charge in [0.1, 0.15) is 4.90 Å². The van der Waals surface area contributed by atoms with E-state index in [1.165, 1.54) is 18.5 Å². The van der Waals surface area contributed by atoms with Gasteiger partial charge in [-0.3, -0.25) is 14.7 Å². The third kappa shape index (κ3) is 5.77. The van der Waals surface area contributed by atoms with E-state index in [1.54, 1.807) is 13.1 Å². The number of hydrogen-bond acceptors (Lipinski definition) is 5. The van der Waals surface area contributed by atoms with Gasteiger partial charge >= 0.3 is 0 Å². The van der Waals surface area contributed by atoms with E-state index in [2.05, 4.69) is 39.0 Å². The Morgan fingerprint density at radius 1 is 1.36 bits per heavy atom. The summed E-state index contributed by atoms with van der Waals surface area (Å²) in [5.74, 6) is 1.01. The molecule has 0 fully saturated rings. The molecule has 0 amide bonds. The summed E-state index contributed by atoms with van der Waals surface area (Å²) in [6.45, 7) is 5.53. The van der Waals surface area contributed by atoms with Crippen LogP contribution in [0.3, 0.4) is 0 Å². The molecule has 0 saturated heterocycles. The molecule has 0 spiro atoms. The van der Waals surface area contributed by atoms with Crippen LogP contribution in [0.5, 0.6) is 0 Å². The molecule has 0 aromatic carbocycles. The van der Waals surface area contributed by atoms with E-state index in [1.807, 2.05) is 29.9 Å². The number of hydrogen-bond donors (Lipinski definition) is 2. The molecule has 2 heterocycles. The fraction of sp³-hybridized carbons (Fsp3) is 0.500. The van der Waals surface area contributed by atoms with Crippen LogP contribution in [0, 0.1) is 0 Å². The number of aromatic nitrogens is 3. The Bertz CT molecular complexity index is 892. The van der Waals surface area contributed by atoms with Crippen molar-refractivity contribution >= 4 is 16.0 Å². The Morgan fingerprint density at radius 2 is 2.11 bits per heavy atom. The molecule has 0 unspecified atom stereocenters. The Hall–Kier alpha value is -2.46. The van der Waals surface area contributed by atoms with Gasteiger partial charge < -0.3 is 10.2 Å². The topological polar surface area (TPSA) is 105 Å². The monoisotopic (exact) mass is 407 g/mol. The van der Waals surface area contributed by atoms with Gasteiger partial charge in [0, 0.05) is 64.9 Å². The molecule has 2 rings (SSSR count). The minimum absolute atomic E-state index is 0.147. The van der Waals surface area contributed by atoms with Crippen molar-refractivity contribution in [2.75, 3.05) is 27.2 Å². The maximum absolute atomic E-state index is 12.2. The summed E-state index contributed by atoms with van der Waals surface area (Å²) in [5, 5.41) is 7.70. The SMILES string of the molecule is CN=C(NCCNS(=O)(=O)c1cccnc1)N(C)Cc1cn(C)nc1C(C)C. The first-order valence-electron chi connectivity index (χ1n) is 9.08. The molecule has 154 valence electrons. The lowest BCUT2D eigenvalue weighted by Gasteiger charge is -2.22. The van der Waals surface area contributed by atoms with Crippen LogP contribution in [-0.4, -0.2) is 61.2 Å². The molecule has 2 N–H and O–H groups in total. The highest BCUT2D eigenvalue weighted by Crippen LogP contribution is 2.18. The fourth-order valence-electron chi connectivity index (χ4n) is 2.83. The van der Waals surface area contributed by atoms with Crippen LogP contribution < -0.4 is 10.0 Å². The zero-order chi connectivity index (χ0) is 20.7. The predicted octanol–water partition coefficient (Wildman–Crippen LogP) is 0.924. The van der Waals surface area contributed by atoms with Gasteiger partial charge in [0.25, 0.3) is 0 Å². The predicted molar refractivity (Wildman–Crippen MR) is 110 cm³/mol. The molecule has 0 aliphatic rings. The first-order chi connectivity index (χ1) is 13.2. The van der Waals surface area contributed by atoms with Crippen LogP contribution in [0.4, 0.5) is 0 Å². The van der Waals surface area contributed by atoms with Gasteiger partial charge in [0.15, 0.2) is 5.96 Å². The summed E-state index contributed by atoms with van der Waals surface area (Å²) in [7, 11) is 1.99. The molecule has 28 heavy (non-hydrogen) atoms. The first-order valence-corrected chi connectivity index (χ1v) is 10.6. The van der Waals surface area contributed by atoms with E-state index in [0.717, 1.165) is 11.3 Å². The molecule has 0 bridgehead atoms. The van der Waals surface area contributed by atoms with E-state index in [4.69, 9.17) is 0 Å². The number of sulfonamides is 1. The summed E-state index contributed by atoms with van der Waals surface area (Å²) >= 11 is 0. The largest absolute Gasteiger partial charge is 0.355 e. The number of aryl methyl sites for hydroxylation is 1. The van der Waals surface area contributed by atoms with Crippen molar-refractivity contribution in [3.63, 3.8) is 0 Å². The Morgan fingerprint density at radius 3 is 2.71 bits per heavy atom. The normalized spacial score (nSPS) is 12.4. The number of rotatable bonds is 8. The second-order valence-corrected chi connectivity index (χ2v) is 8.55. The minimum Gasteiger partial charge on any atom is -0.355 e. The highest BCUT2D eigenvalue weighted by Gasteiger charge is 2.16. The molecule has 2 aromatic rings. The Labute approximate surface area is 166 Å². The smallest absolute Gasteiger partial charge is 0.242 e. The summed E-state index contributed by atoms with van der Waals surface area (Å²) in [6.07, 6.45) is 4.87.